The maximum Gasteiger partial charge on any atom is 0.321 e. The number of benzene rings is 1. The Morgan fingerprint density at radius 1 is 1.52 bits per heavy atom. The number of rotatable bonds is 4. The summed E-state index contributed by atoms with van der Waals surface area (Å²) in [6.07, 6.45) is 5.46. The highest BCUT2D eigenvalue weighted by Gasteiger charge is 2.24. The Balaban J connectivity index is 1.85. The molecular weight excluding hydrogens is 292 g/mol. The first-order valence-corrected chi connectivity index (χ1v) is 7.95. The van der Waals surface area contributed by atoms with Crippen LogP contribution in [0.5, 0.6) is 5.75 Å². The summed E-state index contributed by atoms with van der Waals surface area (Å²) in [5.74, 6) is 1.26. The van der Waals surface area contributed by atoms with Crippen molar-refractivity contribution < 1.29 is 9.53 Å². The standard InChI is InChI=1S/C17H22N4O2/c1-3-19-17(22)21(2)14-4-5-16-15(9-14)12(6-7-23-16)8-13-10-18-11-20-13/h4-5,9-12H,3,6-8H2,1-2H3,(H,18,20)(H,19,22). The lowest BCUT2D eigenvalue weighted by atomic mass is 9.89. The van der Waals surface area contributed by atoms with Gasteiger partial charge in [0.15, 0.2) is 0 Å². The van der Waals surface area contributed by atoms with Gasteiger partial charge >= 0.3 is 6.03 Å². The summed E-state index contributed by atoms with van der Waals surface area (Å²) in [7, 11) is 1.78. The molecule has 6 nitrogen and oxygen atoms in total. The van der Waals surface area contributed by atoms with E-state index in [1.54, 1.807) is 18.3 Å². The van der Waals surface area contributed by atoms with Gasteiger partial charge in [-0.25, -0.2) is 9.78 Å². The number of urea groups is 1. The van der Waals surface area contributed by atoms with Crippen LogP contribution in [0.15, 0.2) is 30.7 Å². The van der Waals surface area contributed by atoms with Gasteiger partial charge in [-0.2, -0.15) is 0 Å². The van der Waals surface area contributed by atoms with Gasteiger partial charge in [0.2, 0.25) is 0 Å². The van der Waals surface area contributed by atoms with E-state index in [1.807, 2.05) is 25.3 Å². The van der Waals surface area contributed by atoms with Crippen molar-refractivity contribution in [3.05, 3.63) is 42.0 Å². The first-order valence-electron chi connectivity index (χ1n) is 7.95. The average Bonchev–Trinajstić information content (AvgIpc) is 3.07. The molecule has 0 radical (unpaired) electrons. The molecular formula is C17H22N4O2. The molecule has 2 aromatic rings. The predicted molar refractivity (Wildman–Crippen MR) is 89.1 cm³/mol. The molecule has 0 saturated carbocycles. The molecule has 1 aliphatic heterocycles. The molecule has 23 heavy (non-hydrogen) atoms. The summed E-state index contributed by atoms with van der Waals surface area (Å²) in [6.45, 7) is 3.24. The zero-order valence-corrected chi connectivity index (χ0v) is 13.5. The van der Waals surface area contributed by atoms with Crippen LogP contribution in [0.1, 0.15) is 30.5 Å². The van der Waals surface area contributed by atoms with E-state index >= 15 is 0 Å². The molecule has 1 aliphatic rings. The molecule has 2 N–H and O–H groups in total. The quantitative estimate of drug-likeness (QED) is 0.911. The van der Waals surface area contributed by atoms with Crippen LogP contribution in [0.3, 0.4) is 0 Å². The van der Waals surface area contributed by atoms with E-state index in [0.717, 1.165) is 35.5 Å². The number of hydrogen-bond acceptors (Lipinski definition) is 3. The van der Waals surface area contributed by atoms with E-state index < -0.39 is 0 Å². The molecule has 2 amide bonds. The van der Waals surface area contributed by atoms with Crippen LogP contribution < -0.4 is 15.0 Å². The van der Waals surface area contributed by atoms with Crippen molar-refractivity contribution in [2.75, 3.05) is 25.1 Å². The van der Waals surface area contributed by atoms with E-state index in [9.17, 15) is 4.79 Å². The smallest absolute Gasteiger partial charge is 0.321 e. The Hall–Kier alpha value is -2.50. The number of aromatic nitrogens is 2. The van der Waals surface area contributed by atoms with Crippen LogP contribution in [0.4, 0.5) is 10.5 Å². The summed E-state index contributed by atoms with van der Waals surface area (Å²) in [6, 6.07) is 5.83. The fraction of sp³-hybridized carbons (Fsp3) is 0.412. The van der Waals surface area contributed by atoms with Gasteiger partial charge in [0, 0.05) is 25.5 Å². The maximum atomic E-state index is 12.0. The zero-order chi connectivity index (χ0) is 16.2. The third kappa shape index (κ3) is 3.31. The molecule has 0 aliphatic carbocycles. The zero-order valence-electron chi connectivity index (χ0n) is 13.5. The largest absolute Gasteiger partial charge is 0.493 e. The highest BCUT2D eigenvalue weighted by Crippen LogP contribution is 2.37. The van der Waals surface area contributed by atoms with Gasteiger partial charge in [-0.05, 0) is 49.4 Å². The Morgan fingerprint density at radius 2 is 2.39 bits per heavy atom. The maximum absolute atomic E-state index is 12.0. The molecule has 0 spiro atoms. The summed E-state index contributed by atoms with van der Waals surface area (Å²) in [5.41, 5.74) is 3.06. The van der Waals surface area contributed by atoms with E-state index in [4.69, 9.17) is 4.74 Å². The molecule has 3 rings (SSSR count). The van der Waals surface area contributed by atoms with Crippen molar-refractivity contribution >= 4 is 11.7 Å². The van der Waals surface area contributed by atoms with E-state index in [0.29, 0.717) is 19.1 Å². The lowest BCUT2D eigenvalue weighted by molar-refractivity contribution is 0.248. The first kappa shape index (κ1) is 15.4. The molecule has 0 saturated heterocycles. The minimum Gasteiger partial charge on any atom is -0.493 e. The molecule has 1 aromatic heterocycles. The van der Waals surface area contributed by atoms with Crippen LogP contribution >= 0.6 is 0 Å². The second kappa shape index (κ2) is 6.73. The Labute approximate surface area is 135 Å². The predicted octanol–water partition coefficient (Wildman–Crippen LogP) is 2.68. The van der Waals surface area contributed by atoms with Gasteiger partial charge in [-0.15, -0.1) is 0 Å². The number of fused-ring (bicyclic) bond motifs is 1. The minimum atomic E-state index is -0.104. The third-order valence-corrected chi connectivity index (χ3v) is 4.19. The summed E-state index contributed by atoms with van der Waals surface area (Å²) in [4.78, 5) is 21.0. The number of H-pyrrole nitrogens is 1. The first-order chi connectivity index (χ1) is 11.2. The number of aromatic amines is 1. The number of hydrogen-bond donors (Lipinski definition) is 2. The molecule has 2 heterocycles. The Bertz CT molecular complexity index is 669. The lowest BCUT2D eigenvalue weighted by Gasteiger charge is -2.27. The van der Waals surface area contributed by atoms with Gasteiger partial charge < -0.3 is 15.0 Å². The molecule has 6 heteroatoms. The Morgan fingerprint density at radius 3 is 3.13 bits per heavy atom. The number of carbonyl (C=O) groups excluding carboxylic acids is 1. The summed E-state index contributed by atoms with van der Waals surface area (Å²) < 4.78 is 5.77. The van der Waals surface area contributed by atoms with E-state index in [1.165, 1.54) is 0 Å². The summed E-state index contributed by atoms with van der Waals surface area (Å²) in [5, 5.41) is 2.81. The van der Waals surface area contributed by atoms with E-state index in [-0.39, 0.29) is 6.03 Å². The number of amides is 2. The molecule has 1 unspecified atom stereocenters. The number of ether oxygens (including phenoxy) is 1. The summed E-state index contributed by atoms with van der Waals surface area (Å²) >= 11 is 0. The Kier molecular flexibility index (Phi) is 4.50. The molecule has 1 atom stereocenters. The second-order valence-electron chi connectivity index (χ2n) is 5.72. The SMILES string of the molecule is CCNC(=O)N(C)c1ccc2c(c1)C(Cc1c[nH]cn1)CCO2. The fourth-order valence-corrected chi connectivity index (χ4v) is 2.92. The molecule has 122 valence electrons. The number of nitrogens with zero attached hydrogens (tertiary/aromatic N) is 2. The van der Waals surface area contributed by atoms with Crippen LogP contribution in [0.25, 0.3) is 0 Å². The monoisotopic (exact) mass is 314 g/mol. The number of nitrogens with one attached hydrogen (secondary N) is 2. The topological polar surface area (TPSA) is 70.2 Å². The normalized spacial score (nSPS) is 16.3. The minimum absolute atomic E-state index is 0.104. The lowest BCUT2D eigenvalue weighted by Crippen LogP contribution is -2.37. The van der Waals surface area contributed by atoms with Crippen molar-refractivity contribution in [3.63, 3.8) is 0 Å². The van der Waals surface area contributed by atoms with Crippen LogP contribution in [-0.4, -0.2) is 36.2 Å². The van der Waals surface area contributed by atoms with Gasteiger partial charge in [-0.1, -0.05) is 0 Å². The molecule has 1 aromatic carbocycles. The third-order valence-electron chi connectivity index (χ3n) is 4.19. The van der Waals surface area contributed by atoms with Gasteiger partial charge in [0.05, 0.1) is 18.6 Å². The highest BCUT2D eigenvalue weighted by molar-refractivity contribution is 5.91. The van der Waals surface area contributed by atoms with Crippen molar-refractivity contribution in [1.29, 1.82) is 0 Å². The molecule has 0 bridgehead atoms. The van der Waals surface area contributed by atoms with Crippen molar-refractivity contribution in [3.8, 4) is 5.75 Å². The van der Waals surface area contributed by atoms with Gasteiger partial charge in [0.1, 0.15) is 5.75 Å². The second-order valence-corrected chi connectivity index (χ2v) is 5.72. The van der Waals surface area contributed by atoms with E-state index in [2.05, 4.69) is 21.4 Å². The van der Waals surface area contributed by atoms with Crippen LogP contribution in [0, 0.1) is 0 Å². The van der Waals surface area contributed by atoms with Crippen molar-refractivity contribution in [1.82, 2.24) is 15.3 Å². The van der Waals surface area contributed by atoms with Gasteiger partial charge in [-0.3, -0.25) is 4.90 Å². The average molecular weight is 314 g/mol. The molecule has 0 fully saturated rings. The van der Waals surface area contributed by atoms with Gasteiger partial charge in [0.25, 0.3) is 0 Å². The van der Waals surface area contributed by atoms with Crippen molar-refractivity contribution in [2.45, 2.75) is 25.7 Å². The van der Waals surface area contributed by atoms with Crippen LogP contribution in [-0.2, 0) is 6.42 Å². The number of anilines is 1. The number of imidazole rings is 1. The fourth-order valence-electron chi connectivity index (χ4n) is 2.92. The highest BCUT2D eigenvalue weighted by atomic mass is 16.5. The van der Waals surface area contributed by atoms with Crippen LogP contribution in [0.2, 0.25) is 0 Å². The van der Waals surface area contributed by atoms with Crippen molar-refractivity contribution in [2.24, 2.45) is 0 Å². The number of carbonyl (C=O) groups is 1.